The van der Waals surface area contributed by atoms with Crippen molar-refractivity contribution in [2.45, 2.75) is 56.3 Å². The van der Waals surface area contributed by atoms with E-state index in [4.69, 9.17) is 38.4 Å². The molecule has 2 aliphatic rings. The van der Waals surface area contributed by atoms with E-state index < -0.39 is 21.5 Å². The standard InChI is InChI=1S/C16H26N6O4S.C11H22N2O2.C5H3Cl2N3O2S.CH3F.CH4.FH/c1-20-7-4-11(5-8-20)6-9-21(10-12(23)26-2)15-13(22(24)25)14(17)18-16(19-15)27-3;1-13-7-4-10(5-8-13)3-6-12-9-11(14)15-2;1-13-5-8-3(6)2(10(11)12)4(7)9-5;1-2;;/h11H,4-10H2,1-3H3,(H2,17,18,19);10,12H,3-9H2,1-2H3;1H3;1H3;1H4;1H/i/hD. The van der Waals surface area contributed by atoms with Gasteiger partial charge in [-0.25, -0.2) is 9.97 Å². The first-order valence-corrected chi connectivity index (χ1v) is 21.0. The molecule has 0 bridgehead atoms. The van der Waals surface area contributed by atoms with Gasteiger partial charge in [0.25, 0.3) is 1.45 Å². The molecule has 2 fully saturated rings. The van der Waals surface area contributed by atoms with E-state index in [0.717, 1.165) is 44.8 Å². The van der Waals surface area contributed by atoms with Gasteiger partial charge in [0.2, 0.25) is 21.9 Å². The Bertz CT molecular complexity index is 1570. The van der Waals surface area contributed by atoms with Gasteiger partial charge in [-0.1, -0.05) is 54.2 Å². The molecule has 0 saturated carbocycles. The fraction of sp³-hybridized carbons (Fsp3) is 0.706. The molecule has 0 atom stereocenters. The Kier molecular flexibility index (Phi) is 29.6. The molecule has 4 rings (SSSR count). The number of ether oxygens (including phenoxy) is 2. The van der Waals surface area contributed by atoms with E-state index in [1.807, 2.05) is 0 Å². The monoisotopic (exact) mass is 922 g/mol. The van der Waals surface area contributed by atoms with Gasteiger partial charge < -0.3 is 35.2 Å². The number of rotatable bonds is 15. The molecule has 0 aliphatic carbocycles. The van der Waals surface area contributed by atoms with Crippen LogP contribution < -0.4 is 16.0 Å². The highest BCUT2D eigenvalue weighted by molar-refractivity contribution is 7.98. The highest BCUT2D eigenvalue weighted by Gasteiger charge is 2.30. The van der Waals surface area contributed by atoms with Crippen LogP contribution in [0.4, 0.5) is 32.1 Å². The van der Waals surface area contributed by atoms with E-state index in [9.17, 15) is 34.2 Å². The van der Waals surface area contributed by atoms with E-state index in [-0.39, 0.29) is 47.6 Å². The van der Waals surface area contributed by atoms with Gasteiger partial charge in [-0.15, -0.1) is 0 Å². The predicted molar refractivity (Wildman–Crippen MR) is 230 cm³/mol. The molecule has 2 aromatic rings. The summed E-state index contributed by atoms with van der Waals surface area (Å²) in [4.78, 5) is 65.1. The lowest BCUT2D eigenvalue weighted by Gasteiger charge is -2.31. The Balaban J connectivity index is 0. The summed E-state index contributed by atoms with van der Waals surface area (Å²) in [6.45, 7) is 6.05. The van der Waals surface area contributed by atoms with E-state index in [0.29, 0.717) is 36.5 Å². The zero-order valence-electron chi connectivity index (χ0n) is 34.8. The van der Waals surface area contributed by atoms with Crippen LogP contribution in [0.15, 0.2) is 10.3 Å². The molecule has 4 heterocycles. The van der Waals surface area contributed by atoms with E-state index in [1.54, 1.807) is 17.4 Å². The second-order valence-electron chi connectivity index (χ2n) is 12.7. The Morgan fingerprint density at radius 1 is 0.881 bits per heavy atom. The molecule has 0 unspecified atom stereocenters. The number of hydrogen-bond acceptors (Lipinski definition) is 19. The van der Waals surface area contributed by atoms with E-state index in [1.165, 1.54) is 70.1 Å². The number of methoxy groups -OCH3 is 2. The van der Waals surface area contributed by atoms with Gasteiger partial charge in [0.05, 0.1) is 37.8 Å². The molecule has 3 N–H and O–H groups in total. The number of carbonyl (C=O) groups is 2. The summed E-state index contributed by atoms with van der Waals surface area (Å²) in [7, 11) is 7.47. The first kappa shape index (κ1) is 55.5. The lowest BCUT2D eigenvalue weighted by Crippen LogP contribution is -2.36. The van der Waals surface area contributed by atoms with Gasteiger partial charge in [0, 0.05) is 6.54 Å². The van der Waals surface area contributed by atoms with Crippen molar-refractivity contribution in [3.63, 3.8) is 0 Å². The van der Waals surface area contributed by atoms with Crippen LogP contribution in [0, 0.1) is 32.1 Å². The summed E-state index contributed by atoms with van der Waals surface area (Å²) in [6, 6.07) is 0. The smallest absolute Gasteiger partial charge is 0.353 e. The molecule has 0 amide bonds. The number of aromatic nitrogens is 4. The molecular formula is C34H59Cl2F2N11O8S2. The van der Waals surface area contributed by atoms with Crippen molar-refractivity contribution < 1.29 is 38.0 Å². The maximum absolute atomic E-state index is 11.9. The van der Waals surface area contributed by atoms with Crippen LogP contribution in [-0.4, -0.2) is 153 Å². The van der Waals surface area contributed by atoms with E-state index in [2.05, 4.69) is 55.3 Å². The number of likely N-dealkylation sites (tertiary alicyclic amines) is 2. The third-order valence-electron chi connectivity index (χ3n) is 8.94. The molecule has 338 valence electrons. The summed E-state index contributed by atoms with van der Waals surface area (Å²) < 4.78 is 31.8. The van der Waals surface area contributed by atoms with Gasteiger partial charge in [-0.2, -0.15) is 9.97 Å². The molecule has 2 aliphatic heterocycles. The summed E-state index contributed by atoms with van der Waals surface area (Å²) >= 11 is 13.5. The van der Waals surface area contributed by atoms with Crippen LogP contribution in [0.5, 0.6) is 0 Å². The van der Waals surface area contributed by atoms with Crippen LogP contribution in [0.25, 0.3) is 0 Å². The number of nitrogen functional groups attached to an aromatic ring is 1. The van der Waals surface area contributed by atoms with Gasteiger partial charge in [0.15, 0.2) is 10.3 Å². The Morgan fingerprint density at radius 3 is 1.75 bits per heavy atom. The molecule has 59 heavy (non-hydrogen) atoms. The Morgan fingerprint density at radius 2 is 1.32 bits per heavy atom. The number of esters is 2. The quantitative estimate of drug-likeness (QED) is 0.0416. The first-order valence-electron chi connectivity index (χ1n) is 18.1. The van der Waals surface area contributed by atoms with Gasteiger partial charge in [-0.05, 0) is 110 Å². The minimum absolute atomic E-state index is 0. The Hall–Kier alpha value is -3.48. The maximum Gasteiger partial charge on any atom is 0.353 e. The van der Waals surface area contributed by atoms with Gasteiger partial charge in [0.1, 0.15) is 6.54 Å². The van der Waals surface area contributed by atoms with Crippen molar-refractivity contribution in [2.24, 2.45) is 11.8 Å². The van der Waals surface area contributed by atoms with Crippen LogP contribution in [0.2, 0.25) is 10.3 Å². The summed E-state index contributed by atoms with van der Waals surface area (Å²) in [5.74, 6) is 0.513. The number of thioether (sulfide) groups is 2. The zero-order chi connectivity index (χ0) is 45.1. The van der Waals surface area contributed by atoms with Crippen molar-refractivity contribution in [3.05, 3.63) is 30.5 Å². The number of hydrogen-bond donors (Lipinski definition) is 2. The summed E-state index contributed by atoms with van der Waals surface area (Å²) in [6.07, 6.45) is 10.2. The molecule has 2 saturated heterocycles. The number of nitrogens with two attached hydrogens (primary N) is 1. The van der Waals surface area contributed by atoms with Crippen molar-refractivity contribution in [3.8, 4) is 0 Å². The third-order valence-corrected chi connectivity index (χ3v) is 10.6. The summed E-state index contributed by atoms with van der Waals surface area (Å²) in [5.41, 5.74) is 4.97. The molecule has 19 nitrogen and oxygen atoms in total. The van der Waals surface area contributed by atoms with Crippen LogP contribution in [-0.2, 0) is 19.1 Å². The van der Waals surface area contributed by atoms with Crippen molar-refractivity contribution in [1.82, 2.24) is 35.1 Å². The third kappa shape index (κ3) is 21.1. The van der Waals surface area contributed by atoms with Crippen molar-refractivity contribution >= 4 is 81.7 Å². The summed E-state index contributed by atoms with van der Waals surface area (Å²) in [5, 5.41) is 25.2. The lowest BCUT2D eigenvalue weighted by molar-refractivity contribution is -0.385. The fourth-order valence-electron chi connectivity index (χ4n) is 5.64. The average Bonchev–Trinajstić information content (AvgIpc) is 3.23. The minimum atomic E-state index is -0.714. The van der Waals surface area contributed by atoms with Crippen molar-refractivity contribution in [2.75, 3.05) is 111 Å². The number of carbonyl (C=O) groups excluding carboxylic acids is 2. The maximum atomic E-state index is 11.9. The molecule has 0 radical (unpaired) electrons. The molecule has 0 spiro atoms. The van der Waals surface area contributed by atoms with E-state index >= 15 is 0 Å². The molecule has 25 heteroatoms. The molecule has 2 aromatic heterocycles. The first-order chi connectivity index (χ1) is 28.1. The number of nitro groups is 2. The number of halogens is 4. The number of piperidine rings is 2. The highest BCUT2D eigenvalue weighted by atomic mass is 35.5. The Labute approximate surface area is 364 Å². The highest BCUT2D eigenvalue weighted by Crippen LogP contribution is 2.34. The SMILES string of the molecule is C.CF.COC(=O)CN(CCC1CCN(C)CC1)c1nc(SC)nc(N)c1[N+](=O)[O-].COC(=O)CNCCC1CCN(C)CC1.CSc1nc(Cl)c([N+](=O)[O-])c(Cl)n1.[2H]F. The topological polar surface area (TPSA) is 238 Å². The van der Waals surface area contributed by atoms with Gasteiger partial charge in [-0.3, -0.25) is 38.9 Å². The normalized spacial score (nSPS) is 14.4. The van der Waals surface area contributed by atoms with Gasteiger partial charge >= 0.3 is 23.3 Å². The minimum Gasteiger partial charge on any atom is -0.468 e. The average molecular weight is 924 g/mol. The number of anilines is 2. The lowest BCUT2D eigenvalue weighted by atomic mass is 9.93. The second kappa shape index (κ2) is 31.4. The number of nitrogens with zero attached hydrogens (tertiary/aromatic N) is 9. The number of nitrogens with one attached hydrogen (secondary N) is 1. The molecule has 0 aromatic carbocycles. The zero-order valence-corrected chi connectivity index (χ0v) is 36.9. The van der Waals surface area contributed by atoms with Crippen LogP contribution in [0.3, 0.4) is 0 Å². The largest absolute Gasteiger partial charge is 0.468 e. The second-order valence-corrected chi connectivity index (χ2v) is 15.0. The fourth-order valence-corrected chi connectivity index (χ4v) is 7.00. The predicted octanol–water partition coefficient (Wildman–Crippen LogP) is 5.67. The molecular weight excluding hydrogens is 863 g/mol. The van der Waals surface area contributed by atoms with Crippen LogP contribution >= 0.6 is 46.7 Å². The van der Waals surface area contributed by atoms with Crippen molar-refractivity contribution in [1.29, 1.82) is 1.45 Å². The van der Waals surface area contributed by atoms with Crippen LogP contribution in [0.1, 0.15) is 46.0 Å². The number of alkyl halides is 1.